The second-order valence-corrected chi connectivity index (χ2v) is 7.33. The van der Waals surface area contributed by atoms with Crippen molar-refractivity contribution in [3.8, 4) is 17.1 Å². The predicted molar refractivity (Wildman–Crippen MR) is 110 cm³/mol. The van der Waals surface area contributed by atoms with Gasteiger partial charge in [0.25, 0.3) is 0 Å². The van der Waals surface area contributed by atoms with Crippen LogP contribution in [0.25, 0.3) is 11.4 Å². The van der Waals surface area contributed by atoms with E-state index in [1.54, 1.807) is 18.9 Å². The average molecular weight is 415 g/mol. The van der Waals surface area contributed by atoms with E-state index in [-0.39, 0.29) is 6.04 Å². The van der Waals surface area contributed by atoms with E-state index >= 15 is 0 Å². The summed E-state index contributed by atoms with van der Waals surface area (Å²) in [5.74, 6) is 1.46. The Morgan fingerprint density at radius 2 is 2.27 bits per heavy atom. The number of hydrogen-bond acceptors (Lipinski definition) is 7. The molecule has 2 aliphatic rings. The third-order valence-corrected chi connectivity index (χ3v) is 5.25. The quantitative estimate of drug-likeness (QED) is 0.704. The fraction of sp³-hybridized carbons (Fsp3) is 0.450. The lowest BCUT2D eigenvalue weighted by atomic mass is 10.1. The number of rotatable bonds is 7. The molecule has 1 aromatic carbocycles. The minimum atomic E-state index is -0.507. The number of cyclic esters (lactones) is 1. The van der Waals surface area contributed by atoms with Gasteiger partial charge in [0.1, 0.15) is 30.8 Å². The second kappa shape index (κ2) is 8.23. The van der Waals surface area contributed by atoms with E-state index in [1.165, 1.54) is 0 Å². The van der Waals surface area contributed by atoms with E-state index in [4.69, 9.17) is 24.9 Å². The first-order valence-corrected chi connectivity index (χ1v) is 9.83. The monoisotopic (exact) mass is 415 g/mol. The summed E-state index contributed by atoms with van der Waals surface area (Å²) < 4.78 is 18.3. The summed E-state index contributed by atoms with van der Waals surface area (Å²) in [4.78, 5) is 30.0. The molecule has 0 aliphatic carbocycles. The lowest BCUT2D eigenvalue weighted by Gasteiger charge is -2.18. The fourth-order valence-electron chi connectivity index (χ4n) is 3.60. The second-order valence-electron chi connectivity index (χ2n) is 7.33. The Morgan fingerprint density at radius 1 is 1.43 bits per heavy atom. The van der Waals surface area contributed by atoms with Crippen molar-refractivity contribution in [1.29, 1.82) is 0 Å². The number of ether oxygens (including phenoxy) is 3. The van der Waals surface area contributed by atoms with E-state index in [2.05, 4.69) is 5.32 Å². The number of amides is 2. The molecular weight excluding hydrogens is 390 g/mol. The number of carbonyl (C=O) groups excluding carboxylic acids is 2. The molecule has 2 aliphatic heterocycles. The maximum absolute atomic E-state index is 12.3. The number of hydrogen-bond donors (Lipinski definition) is 2. The first-order chi connectivity index (χ1) is 14.5. The molecule has 30 heavy (non-hydrogen) atoms. The van der Waals surface area contributed by atoms with Crippen LogP contribution in [0.3, 0.4) is 0 Å². The number of primary amides is 1. The molecule has 10 nitrogen and oxygen atoms in total. The van der Waals surface area contributed by atoms with Gasteiger partial charge in [0.05, 0.1) is 18.2 Å². The van der Waals surface area contributed by atoms with Gasteiger partial charge in [0.2, 0.25) is 5.91 Å². The zero-order valence-electron chi connectivity index (χ0n) is 17.0. The number of benzene rings is 1. The normalized spacial score (nSPS) is 18.7. The Kier molecular flexibility index (Phi) is 5.49. The van der Waals surface area contributed by atoms with Crippen LogP contribution in [0.15, 0.2) is 24.4 Å². The van der Waals surface area contributed by atoms with Crippen LogP contribution in [0.5, 0.6) is 5.75 Å². The number of carbonyl (C=O) groups is 2. The van der Waals surface area contributed by atoms with E-state index in [0.717, 1.165) is 11.3 Å². The summed E-state index contributed by atoms with van der Waals surface area (Å²) in [6.45, 7) is 3.58. The van der Waals surface area contributed by atoms with Gasteiger partial charge in [-0.2, -0.15) is 0 Å². The SMILES string of the molecule is COCC[C@@H]1COC(=O)N1c1cn2c(n1)-c1ccc(N[C@@H](C)C(N)=O)cc1OCC2. The van der Waals surface area contributed by atoms with Gasteiger partial charge in [-0.1, -0.05) is 0 Å². The minimum absolute atomic E-state index is 0.117. The van der Waals surface area contributed by atoms with Crippen LogP contribution < -0.4 is 20.7 Å². The largest absolute Gasteiger partial charge is 0.491 e. The van der Waals surface area contributed by atoms with Crippen molar-refractivity contribution in [3.05, 3.63) is 24.4 Å². The fourth-order valence-corrected chi connectivity index (χ4v) is 3.60. The topological polar surface area (TPSA) is 121 Å². The maximum Gasteiger partial charge on any atom is 0.415 e. The molecule has 0 bridgehead atoms. The number of aromatic nitrogens is 2. The number of nitrogens with one attached hydrogen (secondary N) is 1. The average Bonchev–Trinajstić information content (AvgIpc) is 3.25. The van der Waals surface area contributed by atoms with Gasteiger partial charge < -0.3 is 29.8 Å². The summed E-state index contributed by atoms with van der Waals surface area (Å²) in [7, 11) is 1.63. The number of imidazole rings is 1. The summed E-state index contributed by atoms with van der Waals surface area (Å²) in [5, 5.41) is 3.05. The smallest absolute Gasteiger partial charge is 0.415 e. The third kappa shape index (κ3) is 3.78. The van der Waals surface area contributed by atoms with Gasteiger partial charge in [-0.3, -0.25) is 9.69 Å². The number of nitrogens with zero attached hydrogens (tertiary/aromatic N) is 3. The molecule has 1 aromatic heterocycles. The van der Waals surface area contributed by atoms with Gasteiger partial charge in [-0.15, -0.1) is 0 Å². The minimum Gasteiger partial charge on any atom is -0.491 e. The highest BCUT2D eigenvalue weighted by Gasteiger charge is 2.36. The highest BCUT2D eigenvalue weighted by Crippen LogP contribution is 2.36. The number of nitrogens with two attached hydrogens (primary N) is 1. The highest BCUT2D eigenvalue weighted by molar-refractivity contribution is 5.89. The van der Waals surface area contributed by atoms with Crippen molar-refractivity contribution in [2.24, 2.45) is 5.73 Å². The van der Waals surface area contributed by atoms with Crippen molar-refractivity contribution in [2.75, 3.05) is 37.1 Å². The van der Waals surface area contributed by atoms with Crippen LogP contribution in [0.2, 0.25) is 0 Å². The molecule has 0 radical (unpaired) electrons. The number of fused-ring (bicyclic) bond motifs is 3. The lowest BCUT2D eigenvalue weighted by Crippen LogP contribution is -2.34. The zero-order chi connectivity index (χ0) is 21.3. The van der Waals surface area contributed by atoms with Crippen LogP contribution in [0.4, 0.5) is 16.3 Å². The van der Waals surface area contributed by atoms with Crippen LogP contribution in [-0.4, -0.2) is 60.6 Å². The molecule has 2 atom stereocenters. The van der Waals surface area contributed by atoms with Crippen molar-refractivity contribution in [2.45, 2.75) is 32.0 Å². The van der Waals surface area contributed by atoms with Crippen molar-refractivity contribution in [1.82, 2.24) is 9.55 Å². The molecule has 3 N–H and O–H groups in total. The standard InChI is InChI=1S/C20H25N5O5/c1-12(18(21)26)22-13-3-4-15-16(9-13)29-8-6-24-10-17(23-19(15)24)25-14(5-7-28-2)11-30-20(25)27/h3-4,9-10,12,14,22H,5-8,11H2,1-2H3,(H2,21,26)/t12-,14+/m0/s1. The Labute approximate surface area is 173 Å². The summed E-state index contributed by atoms with van der Waals surface area (Å²) in [6.07, 6.45) is 2.11. The van der Waals surface area contributed by atoms with Gasteiger partial charge >= 0.3 is 6.09 Å². The molecule has 160 valence electrons. The van der Waals surface area contributed by atoms with E-state index in [9.17, 15) is 9.59 Å². The van der Waals surface area contributed by atoms with Gasteiger partial charge in [0.15, 0.2) is 5.82 Å². The molecule has 3 heterocycles. The molecule has 0 saturated carbocycles. The third-order valence-electron chi connectivity index (χ3n) is 5.25. The Hall–Kier alpha value is -3.27. The van der Waals surface area contributed by atoms with Crippen LogP contribution in [0, 0.1) is 0 Å². The van der Waals surface area contributed by atoms with Crippen molar-refractivity contribution in [3.63, 3.8) is 0 Å². The van der Waals surface area contributed by atoms with Gasteiger partial charge in [0, 0.05) is 31.7 Å². The molecule has 0 unspecified atom stereocenters. The van der Waals surface area contributed by atoms with Crippen LogP contribution in [-0.2, 0) is 20.8 Å². The summed E-state index contributed by atoms with van der Waals surface area (Å²) in [6, 6.07) is 4.92. The summed E-state index contributed by atoms with van der Waals surface area (Å²) >= 11 is 0. The van der Waals surface area contributed by atoms with Crippen LogP contribution >= 0.6 is 0 Å². The molecular formula is C20H25N5O5. The van der Waals surface area contributed by atoms with E-state index < -0.39 is 18.0 Å². The van der Waals surface area contributed by atoms with Crippen LogP contribution in [0.1, 0.15) is 13.3 Å². The highest BCUT2D eigenvalue weighted by atomic mass is 16.6. The van der Waals surface area contributed by atoms with E-state index in [1.807, 2.05) is 29.0 Å². The molecule has 1 saturated heterocycles. The van der Waals surface area contributed by atoms with Gasteiger partial charge in [-0.25, -0.2) is 9.78 Å². The predicted octanol–water partition coefficient (Wildman–Crippen LogP) is 1.59. The Balaban J connectivity index is 1.64. The first kappa shape index (κ1) is 20.0. The number of anilines is 2. The summed E-state index contributed by atoms with van der Waals surface area (Å²) in [5.41, 5.74) is 6.86. The maximum atomic E-state index is 12.3. The Morgan fingerprint density at radius 3 is 3.03 bits per heavy atom. The molecule has 4 rings (SSSR count). The van der Waals surface area contributed by atoms with Gasteiger partial charge in [-0.05, 0) is 25.5 Å². The first-order valence-electron chi connectivity index (χ1n) is 9.83. The molecule has 2 aromatic rings. The lowest BCUT2D eigenvalue weighted by molar-refractivity contribution is -0.118. The Bertz CT molecular complexity index is 959. The molecule has 1 fully saturated rings. The van der Waals surface area contributed by atoms with E-state index in [0.29, 0.717) is 50.2 Å². The zero-order valence-corrected chi connectivity index (χ0v) is 17.0. The molecule has 2 amide bonds. The number of methoxy groups -OCH3 is 1. The van der Waals surface area contributed by atoms with Crippen molar-refractivity contribution < 1.29 is 23.8 Å². The van der Waals surface area contributed by atoms with Crippen molar-refractivity contribution >= 4 is 23.5 Å². The molecule has 10 heteroatoms. The molecule has 0 spiro atoms.